The van der Waals surface area contributed by atoms with E-state index >= 15 is 0 Å². The molecule has 0 saturated heterocycles. The first-order valence-electron chi connectivity index (χ1n) is 16.8. The molecule has 0 saturated carbocycles. The van der Waals surface area contributed by atoms with Gasteiger partial charge in [0.25, 0.3) is 0 Å². The minimum absolute atomic E-state index is 0.606. The maximum Gasteiger partial charge on any atom is 0.227 e. The minimum atomic E-state index is 0.606. The van der Waals surface area contributed by atoms with Gasteiger partial charge in [-0.1, -0.05) is 84.9 Å². The molecule has 51 heavy (non-hydrogen) atoms. The maximum atomic E-state index is 6.10. The van der Waals surface area contributed by atoms with Crippen molar-refractivity contribution in [3.8, 4) is 43.6 Å². The van der Waals surface area contributed by atoms with Gasteiger partial charge in [0.05, 0.1) is 22.4 Å². The molecule has 0 atom stereocenters. The molecule has 0 spiro atoms. The third-order valence-electron chi connectivity index (χ3n) is 9.37. The summed E-state index contributed by atoms with van der Waals surface area (Å²) in [6, 6.07) is 57.0. The van der Waals surface area contributed by atoms with Gasteiger partial charge >= 0.3 is 0 Å². The van der Waals surface area contributed by atoms with Gasteiger partial charge in [-0.15, -0.1) is 11.3 Å². The number of anilines is 3. The molecule has 5 aromatic carbocycles. The molecular formula is C45H28N4OS. The quantitative estimate of drug-likeness (QED) is 0.165. The Balaban J connectivity index is 1.08. The molecule has 2 aliphatic rings. The van der Waals surface area contributed by atoms with Crippen LogP contribution in [-0.2, 0) is 0 Å². The smallest absolute Gasteiger partial charge is 0.227 e. The lowest BCUT2D eigenvalue weighted by Crippen LogP contribution is -2.11. The van der Waals surface area contributed by atoms with E-state index in [1.165, 1.54) is 15.3 Å². The summed E-state index contributed by atoms with van der Waals surface area (Å²) in [7, 11) is 0. The zero-order valence-corrected chi connectivity index (χ0v) is 28.1. The fourth-order valence-corrected chi connectivity index (χ4v) is 7.89. The number of oxazole rings is 1. The Morgan fingerprint density at radius 3 is 2.06 bits per heavy atom. The molecular weight excluding hydrogens is 645 g/mol. The zero-order valence-electron chi connectivity index (χ0n) is 27.3. The molecule has 0 N–H and O–H groups in total. The van der Waals surface area contributed by atoms with Crippen LogP contribution in [0.15, 0.2) is 174 Å². The van der Waals surface area contributed by atoms with Gasteiger partial charge in [0.1, 0.15) is 5.52 Å². The highest BCUT2D eigenvalue weighted by Gasteiger charge is 2.19. The van der Waals surface area contributed by atoms with E-state index in [-0.39, 0.29) is 0 Å². The molecule has 6 heteroatoms. The van der Waals surface area contributed by atoms with Gasteiger partial charge in [-0.05, 0) is 84.4 Å². The molecule has 0 unspecified atom stereocenters. The van der Waals surface area contributed by atoms with Crippen LogP contribution in [0.25, 0.3) is 76.5 Å². The monoisotopic (exact) mass is 672 g/mol. The van der Waals surface area contributed by atoms with Crippen LogP contribution in [0.5, 0.6) is 0 Å². The van der Waals surface area contributed by atoms with Gasteiger partial charge in [-0.3, -0.25) is 4.98 Å². The number of aromatic nitrogens is 3. The molecule has 4 heterocycles. The lowest BCUT2D eigenvalue weighted by molar-refractivity contribution is 0.620. The fourth-order valence-electron chi connectivity index (χ4n) is 6.83. The average Bonchev–Trinajstić information content (AvgIpc) is 3.86. The van der Waals surface area contributed by atoms with E-state index < -0.39 is 0 Å². The van der Waals surface area contributed by atoms with Crippen molar-refractivity contribution in [3.05, 3.63) is 170 Å². The predicted octanol–water partition coefficient (Wildman–Crippen LogP) is 12.6. The number of hydrogen-bond donors (Lipinski definition) is 0. The van der Waals surface area contributed by atoms with Crippen LogP contribution in [0.2, 0.25) is 0 Å². The third kappa shape index (κ3) is 5.21. The maximum absolute atomic E-state index is 6.10. The summed E-state index contributed by atoms with van der Waals surface area (Å²) in [5.74, 6) is 0.606. The Bertz CT molecular complexity index is 2790. The third-order valence-corrected chi connectivity index (χ3v) is 10.5. The molecule has 5 nitrogen and oxygen atoms in total. The van der Waals surface area contributed by atoms with Gasteiger partial charge in [-0.2, -0.15) is 0 Å². The Hall–Kier alpha value is -6.63. The van der Waals surface area contributed by atoms with Gasteiger partial charge in [-0.25, -0.2) is 9.97 Å². The number of benzene rings is 5. The molecule has 3 aromatic heterocycles. The summed E-state index contributed by atoms with van der Waals surface area (Å²) >= 11 is 1.81. The van der Waals surface area contributed by atoms with Crippen LogP contribution in [0.4, 0.5) is 17.1 Å². The Morgan fingerprint density at radius 2 is 1.22 bits per heavy atom. The van der Waals surface area contributed by atoms with Gasteiger partial charge in [0.2, 0.25) is 5.89 Å². The van der Waals surface area contributed by atoms with E-state index in [0.29, 0.717) is 5.89 Å². The average molecular weight is 673 g/mol. The summed E-state index contributed by atoms with van der Waals surface area (Å²) in [5, 5.41) is 2.16. The number of nitrogens with zero attached hydrogens (tertiary/aromatic N) is 4. The van der Waals surface area contributed by atoms with Crippen molar-refractivity contribution in [3.63, 3.8) is 0 Å². The van der Waals surface area contributed by atoms with Crippen LogP contribution in [0, 0.1) is 0 Å². The summed E-state index contributed by atoms with van der Waals surface area (Å²) in [6.45, 7) is 0. The first-order valence-corrected chi connectivity index (χ1v) is 17.7. The van der Waals surface area contributed by atoms with Crippen LogP contribution in [-0.4, -0.2) is 15.0 Å². The number of fused-ring (bicyclic) bond motifs is 5. The second kappa shape index (κ2) is 12.1. The first kappa shape index (κ1) is 29.3. The van der Waals surface area contributed by atoms with Crippen LogP contribution in [0.1, 0.15) is 0 Å². The van der Waals surface area contributed by atoms with Crippen molar-refractivity contribution in [2.75, 3.05) is 4.90 Å². The molecule has 0 bridgehead atoms. The number of pyridine rings is 2. The van der Waals surface area contributed by atoms with E-state index in [9.17, 15) is 0 Å². The zero-order chi connectivity index (χ0) is 33.7. The van der Waals surface area contributed by atoms with Crippen molar-refractivity contribution in [1.82, 2.24) is 15.0 Å². The second-order valence-electron chi connectivity index (χ2n) is 12.5. The molecule has 0 amide bonds. The number of rotatable bonds is 6. The van der Waals surface area contributed by atoms with Crippen LogP contribution < -0.4 is 4.90 Å². The SMILES string of the molecule is c1cc2ccc(-c3ccccc3N(c3ccc(-c4ccc5ccc6cccnc6c5n4)cc3)c3ccc(-c4nc5ccccc5o4)cc3)sc-2c1. The van der Waals surface area contributed by atoms with Crippen molar-refractivity contribution in [2.45, 2.75) is 0 Å². The van der Waals surface area contributed by atoms with Gasteiger partial charge < -0.3 is 9.32 Å². The molecule has 1 aliphatic carbocycles. The normalized spacial score (nSPS) is 11.5. The highest BCUT2D eigenvalue weighted by molar-refractivity contribution is 7.18. The van der Waals surface area contributed by atoms with E-state index in [2.05, 4.69) is 143 Å². The van der Waals surface area contributed by atoms with Gasteiger partial charge in [0.15, 0.2) is 5.58 Å². The van der Waals surface area contributed by atoms with Crippen molar-refractivity contribution >= 4 is 61.3 Å². The summed E-state index contributed by atoms with van der Waals surface area (Å²) < 4.78 is 6.10. The molecule has 0 fully saturated rings. The Labute approximate surface area is 298 Å². The summed E-state index contributed by atoms with van der Waals surface area (Å²) in [6.07, 6.45) is 1.83. The molecule has 10 rings (SSSR count). The largest absolute Gasteiger partial charge is 0.436 e. The van der Waals surface area contributed by atoms with E-state index in [1.54, 1.807) is 0 Å². The molecule has 240 valence electrons. The molecule has 8 aromatic rings. The lowest BCUT2D eigenvalue weighted by atomic mass is 10.0. The summed E-state index contributed by atoms with van der Waals surface area (Å²) in [5.41, 5.74) is 11.9. The van der Waals surface area contributed by atoms with Crippen molar-refractivity contribution in [2.24, 2.45) is 0 Å². The topological polar surface area (TPSA) is 55.1 Å². The highest BCUT2D eigenvalue weighted by atomic mass is 32.1. The van der Waals surface area contributed by atoms with Crippen molar-refractivity contribution < 1.29 is 4.42 Å². The lowest BCUT2D eigenvalue weighted by Gasteiger charge is -2.28. The fraction of sp³-hybridized carbons (Fsp3) is 0. The highest BCUT2D eigenvalue weighted by Crippen LogP contribution is 2.44. The van der Waals surface area contributed by atoms with Crippen LogP contribution in [0.3, 0.4) is 0 Å². The summed E-state index contributed by atoms with van der Waals surface area (Å²) in [4.78, 5) is 19.3. The van der Waals surface area contributed by atoms with E-state index in [4.69, 9.17) is 14.4 Å². The van der Waals surface area contributed by atoms with Crippen LogP contribution >= 0.6 is 11.3 Å². The van der Waals surface area contributed by atoms with E-state index in [1.807, 2.05) is 47.9 Å². The van der Waals surface area contributed by atoms with E-state index in [0.717, 1.165) is 72.4 Å². The predicted molar refractivity (Wildman–Crippen MR) is 210 cm³/mol. The standard InChI is InChI=1S/C45H28N4OS/c1-3-11-39(36(9-1)42-27-21-30-7-5-13-41(30)51-42)49(35-24-18-33(19-25-35)45-48-38-10-2-4-12-40(38)50-45)34-22-16-29(17-23-34)37-26-20-32-15-14-31-8-6-28-46-43(31)44(32)47-37/h1-28H. The minimum Gasteiger partial charge on any atom is -0.436 e. The first-order chi connectivity index (χ1) is 25.2. The second-order valence-corrected chi connectivity index (χ2v) is 13.6. The number of hydrogen-bond acceptors (Lipinski definition) is 6. The Kier molecular flexibility index (Phi) is 6.93. The van der Waals surface area contributed by atoms with Gasteiger partial charge in [0, 0.05) is 54.8 Å². The molecule has 1 aliphatic heterocycles. The van der Waals surface area contributed by atoms with Crippen molar-refractivity contribution in [1.29, 1.82) is 0 Å². The number of para-hydroxylation sites is 3. The molecule has 0 radical (unpaired) electrons. The Morgan fingerprint density at radius 1 is 0.490 bits per heavy atom.